The van der Waals surface area contributed by atoms with E-state index >= 15 is 0 Å². The van der Waals surface area contributed by atoms with Gasteiger partial charge >= 0.3 is 5.97 Å². The van der Waals surface area contributed by atoms with Gasteiger partial charge in [0.15, 0.2) is 11.5 Å². The van der Waals surface area contributed by atoms with Gasteiger partial charge in [-0.1, -0.05) is 6.07 Å². The van der Waals surface area contributed by atoms with Crippen LogP contribution in [-0.4, -0.2) is 25.7 Å². The minimum Gasteiger partial charge on any atom is -0.485 e. The highest BCUT2D eigenvalue weighted by Gasteiger charge is 2.13. The molecule has 1 aromatic carbocycles. The summed E-state index contributed by atoms with van der Waals surface area (Å²) in [6.45, 7) is 0.0180. The molecule has 0 saturated heterocycles. The van der Waals surface area contributed by atoms with Gasteiger partial charge in [0.05, 0.1) is 0 Å². The average molecular weight is 287 g/mol. The Morgan fingerprint density at radius 3 is 2.95 bits per heavy atom. The molecule has 0 aliphatic rings. The summed E-state index contributed by atoms with van der Waals surface area (Å²) in [5.41, 5.74) is 0.296. The first-order valence-corrected chi connectivity index (χ1v) is 6.09. The van der Waals surface area contributed by atoms with E-state index in [0.29, 0.717) is 11.6 Å². The lowest BCUT2D eigenvalue weighted by atomic mass is 10.3. The van der Waals surface area contributed by atoms with Crippen molar-refractivity contribution in [3.8, 4) is 5.75 Å². The zero-order chi connectivity index (χ0) is 14.8. The molecule has 6 nitrogen and oxygen atoms in total. The minimum absolute atomic E-state index is 0.0180. The van der Waals surface area contributed by atoms with Crippen molar-refractivity contribution in [2.45, 2.75) is 6.61 Å². The number of fused-ring (bicyclic) bond motifs is 1. The second-order valence-electron chi connectivity index (χ2n) is 4.27. The molecule has 0 bridgehead atoms. The van der Waals surface area contributed by atoms with Crippen molar-refractivity contribution in [1.82, 2.24) is 14.6 Å². The molecule has 0 amide bonds. The number of hydrogen-bond acceptors (Lipinski definition) is 4. The summed E-state index contributed by atoms with van der Waals surface area (Å²) in [5, 5.41) is 13.2. The number of carboxylic acid groups (broad SMARTS) is 1. The van der Waals surface area contributed by atoms with Crippen LogP contribution in [0.1, 0.15) is 16.2 Å². The summed E-state index contributed by atoms with van der Waals surface area (Å²) in [6, 6.07) is 8.73. The van der Waals surface area contributed by atoms with Crippen LogP contribution in [0.5, 0.6) is 5.75 Å². The van der Waals surface area contributed by atoms with Crippen molar-refractivity contribution in [3.05, 3.63) is 59.8 Å². The van der Waals surface area contributed by atoms with Gasteiger partial charge in [-0.3, -0.25) is 0 Å². The molecule has 0 unspecified atom stereocenters. The molecule has 3 rings (SSSR count). The lowest BCUT2D eigenvalue weighted by Crippen LogP contribution is -2.00. The Balaban J connectivity index is 1.85. The second kappa shape index (κ2) is 5.20. The predicted octanol–water partition coefficient (Wildman–Crippen LogP) is 2.15. The number of rotatable bonds is 4. The zero-order valence-corrected chi connectivity index (χ0v) is 10.7. The molecule has 0 atom stereocenters. The van der Waals surface area contributed by atoms with Crippen LogP contribution in [0.2, 0.25) is 0 Å². The van der Waals surface area contributed by atoms with E-state index < -0.39 is 11.8 Å². The van der Waals surface area contributed by atoms with E-state index in [2.05, 4.69) is 10.1 Å². The average Bonchev–Trinajstić information content (AvgIpc) is 2.87. The fraction of sp³-hybridized carbons (Fsp3) is 0.0714. The molecule has 0 aliphatic heterocycles. The first kappa shape index (κ1) is 13.0. The fourth-order valence-corrected chi connectivity index (χ4v) is 1.88. The molecule has 21 heavy (non-hydrogen) atoms. The van der Waals surface area contributed by atoms with Crippen molar-refractivity contribution in [3.63, 3.8) is 0 Å². The molecular weight excluding hydrogens is 277 g/mol. The highest BCUT2D eigenvalue weighted by Crippen LogP contribution is 2.14. The topological polar surface area (TPSA) is 76.7 Å². The van der Waals surface area contributed by atoms with E-state index in [1.54, 1.807) is 18.3 Å². The summed E-state index contributed by atoms with van der Waals surface area (Å²) >= 11 is 0. The number of carbonyl (C=O) groups is 1. The maximum absolute atomic E-state index is 13.0. The van der Waals surface area contributed by atoms with Gasteiger partial charge in [0.2, 0.25) is 0 Å². The smallest absolute Gasteiger partial charge is 0.339 e. The Hall–Kier alpha value is -2.96. The Labute approximate surface area is 118 Å². The lowest BCUT2D eigenvalue weighted by Gasteiger charge is -2.02. The number of aromatic nitrogens is 3. The van der Waals surface area contributed by atoms with Gasteiger partial charge in [0.25, 0.3) is 0 Å². The second-order valence-corrected chi connectivity index (χ2v) is 4.27. The molecule has 2 heterocycles. The third-order valence-electron chi connectivity index (χ3n) is 2.80. The van der Waals surface area contributed by atoms with Gasteiger partial charge in [-0.2, -0.15) is 0 Å². The monoisotopic (exact) mass is 287 g/mol. The van der Waals surface area contributed by atoms with Gasteiger partial charge in [0, 0.05) is 12.3 Å². The summed E-state index contributed by atoms with van der Waals surface area (Å²) < 4.78 is 19.8. The van der Waals surface area contributed by atoms with E-state index in [-0.39, 0.29) is 17.8 Å². The van der Waals surface area contributed by atoms with E-state index in [1.807, 2.05) is 0 Å². The first-order valence-electron chi connectivity index (χ1n) is 6.09. The highest BCUT2D eigenvalue weighted by atomic mass is 19.1. The molecule has 0 radical (unpaired) electrons. The van der Waals surface area contributed by atoms with Crippen LogP contribution >= 0.6 is 0 Å². The van der Waals surface area contributed by atoms with Gasteiger partial charge in [0.1, 0.15) is 23.7 Å². The number of nitrogens with zero attached hydrogens (tertiary/aromatic N) is 3. The zero-order valence-electron chi connectivity index (χ0n) is 10.7. The van der Waals surface area contributed by atoms with E-state index in [0.717, 1.165) is 0 Å². The predicted molar refractivity (Wildman–Crippen MR) is 70.7 cm³/mol. The third kappa shape index (κ3) is 2.66. The summed E-state index contributed by atoms with van der Waals surface area (Å²) in [5.74, 6) is -0.811. The standard InChI is InChI=1S/C14H10FN3O3/c15-9-3-1-4-10(7-9)21-8-12-16-13-11(14(19)20)5-2-6-18(13)17-12/h1-7H,8H2,(H,19,20). The largest absolute Gasteiger partial charge is 0.485 e. The Bertz CT molecular complexity index is 816. The number of aromatic carboxylic acids is 1. The van der Waals surface area contributed by atoms with Crippen molar-refractivity contribution in [1.29, 1.82) is 0 Å². The van der Waals surface area contributed by atoms with E-state index in [9.17, 15) is 9.18 Å². The van der Waals surface area contributed by atoms with Crippen LogP contribution in [0.15, 0.2) is 42.6 Å². The van der Waals surface area contributed by atoms with Crippen LogP contribution in [0.3, 0.4) is 0 Å². The molecule has 106 valence electrons. The van der Waals surface area contributed by atoms with Crippen LogP contribution in [0.25, 0.3) is 5.65 Å². The van der Waals surface area contributed by atoms with Gasteiger partial charge in [-0.25, -0.2) is 18.7 Å². The molecule has 7 heteroatoms. The number of halogens is 1. The van der Waals surface area contributed by atoms with E-state index in [4.69, 9.17) is 9.84 Å². The molecule has 0 aliphatic carbocycles. The first-order chi connectivity index (χ1) is 10.1. The van der Waals surface area contributed by atoms with Gasteiger partial charge in [-0.15, -0.1) is 5.10 Å². The maximum atomic E-state index is 13.0. The SMILES string of the molecule is O=C(O)c1cccn2nc(COc3cccc(F)c3)nc12. The summed E-state index contributed by atoms with van der Waals surface area (Å²) in [4.78, 5) is 15.2. The molecule has 2 aromatic heterocycles. The van der Waals surface area contributed by atoms with Crippen LogP contribution in [-0.2, 0) is 6.61 Å². The maximum Gasteiger partial charge on any atom is 0.339 e. The van der Waals surface area contributed by atoms with Crippen LogP contribution in [0.4, 0.5) is 4.39 Å². The number of carboxylic acids is 1. The molecule has 1 N–H and O–H groups in total. The molecular formula is C14H10FN3O3. The summed E-state index contributed by atoms with van der Waals surface area (Å²) in [6.07, 6.45) is 1.60. The number of benzene rings is 1. The summed E-state index contributed by atoms with van der Waals surface area (Å²) in [7, 11) is 0. The van der Waals surface area contributed by atoms with E-state index in [1.165, 1.54) is 28.8 Å². The Morgan fingerprint density at radius 1 is 1.33 bits per heavy atom. The van der Waals surface area contributed by atoms with Crippen molar-refractivity contribution >= 4 is 11.6 Å². The molecule has 0 fully saturated rings. The third-order valence-corrected chi connectivity index (χ3v) is 2.80. The molecule has 0 spiro atoms. The highest BCUT2D eigenvalue weighted by molar-refractivity contribution is 5.94. The molecule has 3 aromatic rings. The van der Waals surface area contributed by atoms with Crippen molar-refractivity contribution in [2.75, 3.05) is 0 Å². The Kier molecular flexibility index (Phi) is 3.23. The Morgan fingerprint density at radius 2 is 2.19 bits per heavy atom. The van der Waals surface area contributed by atoms with Gasteiger partial charge in [-0.05, 0) is 24.3 Å². The van der Waals surface area contributed by atoms with Crippen LogP contribution < -0.4 is 4.74 Å². The fourth-order valence-electron chi connectivity index (χ4n) is 1.88. The lowest BCUT2D eigenvalue weighted by molar-refractivity contribution is 0.0698. The minimum atomic E-state index is -1.08. The van der Waals surface area contributed by atoms with Crippen LogP contribution in [0, 0.1) is 5.82 Å². The van der Waals surface area contributed by atoms with Crippen molar-refractivity contribution < 1.29 is 19.0 Å². The van der Waals surface area contributed by atoms with Gasteiger partial charge < -0.3 is 9.84 Å². The number of pyridine rings is 1. The number of ether oxygens (including phenoxy) is 1. The molecule has 0 saturated carbocycles. The quantitative estimate of drug-likeness (QED) is 0.795. The number of hydrogen-bond donors (Lipinski definition) is 1. The van der Waals surface area contributed by atoms with Crippen molar-refractivity contribution in [2.24, 2.45) is 0 Å². The normalized spacial score (nSPS) is 10.7.